The lowest BCUT2D eigenvalue weighted by Crippen LogP contribution is -2.61. The smallest absolute Gasteiger partial charge is 0.257 e. The predicted octanol–water partition coefficient (Wildman–Crippen LogP) is -1.32. The van der Waals surface area contributed by atoms with E-state index in [-0.39, 0.29) is 37.2 Å². The molecular formula is C45H59N11O8S. The molecule has 1 aromatic heterocycles. The van der Waals surface area contributed by atoms with E-state index >= 15 is 0 Å². The summed E-state index contributed by atoms with van der Waals surface area (Å²) in [5, 5.41) is 27.6. The summed E-state index contributed by atoms with van der Waals surface area (Å²) in [5.41, 5.74) is 17.0. The van der Waals surface area contributed by atoms with Crippen LogP contribution in [0.15, 0.2) is 91.1 Å². The van der Waals surface area contributed by atoms with E-state index in [1.54, 1.807) is 60.8 Å². The van der Waals surface area contributed by atoms with E-state index in [0.29, 0.717) is 30.5 Å². The van der Waals surface area contributed by atoms with Gasteiger partial charge in [0.2, 0.25) is 35.4 Å². The molecule has 1 aliphatic rings. The van der Waals surface area contributed by atoms with Gasteiger partial charge in [-0.2, -0.15) is 11.8 Å². The minimum absolute atomic E-state index is 0.0310. The number of fused-ring (bicyclic) bond motifs is 1. The second kappa shape index (κ2) is 24.7. The maximum atomic E-state index is 14.6. The van der Waals surface area contributed by atoms with Crippen LogP contribution in [0.3, 0.4) is 0 Å². The third kappa shape index (κ3) is 14.6. The number of aromatic nitrogens is 1. The Morgan fingerprint density at radius 1 is 0.738 bits per heavy atom. The molecule has 4 aromatic rings. The van der Waals surface area contributed by atoms with Crippen LogP contribution in [0.25, 0.3) is 10.9 Å². The number of H-pyrrole nitrogens is 1. The highest BCUT2D eigenvalue weighted by Crippen LogP contribution is 2.20. The Morgan fingerprint density at radius 2 is 1.34 bits per heavy atom. The number of aliphatic hydroxyl groups excluding tert-OH is 1. The first-order valence-electron chi connectivity index (χ1n) is 21.4. The Hall–Kier alpha value is -6.32. The minimum Gasteiger partial charge on any atom is -0.391 e. The standard InChI is InChI=1S/C45H59N11O8S/c1-26(57)38-45(64)54-37(44(63)56-48)25-65-24-36(53-39(58)31(47)20-27-12-4-2-5-13-27)43(62)51-34(21-28-14-6-3-7-15-28)41(60)52-35(22-29-23-49-32-17-9-8-16-30(29)32)42(61)50-33(40(59)55-38)18-10-11-19-46/h2-9,12-17,23,26,31,33-38,49,57H,10-11,18-22,24-25,46-48H2,1H3,(H,50,61)(H,51,62)(H,52,60)(H,53,58)(H,54,64)(H,55,59)(H,56,63)/t26-,31-,33+,34+,35-,36+,37+,38+/m1/s1. The van der Waals surface area contributed by atoms with Crippen molar-refractivity contribution in [3.05, 3.63) is 108 Å². The normalized spacial score (nSPS) is 22.6. The van der Waals surface area contributed by atoms with Crippen LogP contribution in [0.5, 0.6) is 0 Å². The molecule has 1 saturated heterocycles. The first-order valence-corrected chi connectivity index (χ1v) is 22.6. The van der Waals surface area contributed by atoms with E-state index in [0.717, 1.165) is 28.2 Å². The lowest BCUT2D eigenvalue weighted by molar-refractivity contribution is -0.136. The molecule has 2 heterocycles. The Balaban J connectivity index is 1.55. The highest BCUT2D eigenvalue weighted by atomic mass is 32.2. The molecule has 1 aliphatic heterocycles. The maximum absolute atomic E-state index is 14.6. The SMILES string of the molecule is C[C@@H](O)[C@@H]1NC(=O)[C@H](CCCCN)NC(=O)[C@@H](Cc2c[nH]c3ccccc23)NC(=O)[C@H](Cc2ccccc2)NC(=O)[C@@H](NC(=O)[C@H](N)Cc2ccccc2)CSC[C@@H](C(=O)NN)NC1=O. The van der Waals surface area contributed by atoms with Gasteiger partial charge >= 0.3 is 0 Å². The number of aliphatic hydroxyl groups is 1. The molecule has 0 spiro atoms. The molecule has 348 valence electrons. The van der Waals surface area contributed by atoms with E-state index in [2.05, 4.69) is 36.9 Å². The summed E-state index contributed by atoms with van der Waals surface area (Å²) in [6, 6.07) is 16.0. The quantitative estimate of drug-likeness (QED) is 0.0304. The number of amides is 7. The number of thioether (sulfide) groups is 1. The van der Waals surface area contributed by atoms with Crippen LogP contribution in [-0.2, 0) is 52.8 Å². The summed E-state index contributed by atoms with van der Waals surface area (Å²) in [5.74, 6) is -0.471. The zero-order valence-corrected chi connectivity index (χ0v) is 36.9. The van der Waals surface area contributed by atoms with Crippen molar-refractivity contribution in [1.82, 2.24) is 42.3 Å². The first-order chi connectivity index (χ1) is 31.3. The van der Waals surface area contributed by atoms with Crippen LogP contribution in [-0.4, -0.2) is 118 Å². The third-order valence-corrected chi connectivity index (χ3v) is 12.0. The molecule has 7 amide bonds. The van der Waals surface area contributed by atoms with Gasteiger partial charge in [0.1, 0.15) is 36.3 Å². The molecule has 19 nitrogen and oxygen atoms in total. The van der Waals surface area contributed by atoms with Crippen molar-refractivity contribution in [1.29, 1.82) is 0 Å². The monoisotopic (exact) mass is 913 g/mol. The number of hydrazine groups is 1. The maximum Gasteiger partial charge on any atom is 0.257 e. The number of carbonyl (C=O) groups excluding carboxylic acids is 7. The summed E-state index contributed by atoms with van der Waals surface area (Å²) < 4.78 is 0. The Kier molecular flexibility index (Phi) is 18.9. The summed E-state index contributed by atoms with van der Waals surface area (Å²) in [4.78, 5) is 101. The highest BCUT2D eigenvalue weighted by molar-refractivity contribution is 7.99. The fraction of sp³-hybridized carbons (Fsp3) is 0.400. The van der Waals surface area contributed by atoms with Gasteiger partial charge in [0.05, 0.1) is 12.1 Å². The number of hydrogen-bond acceptors (Lipinski definition) is 12. The van der Waals surface area contributed by atoms with Gasteiger partial charge in [0, 0.05) is 41.4 Å². The molecule has 3 aromatic carbocycles. The number of benzene rings is 3. The third-order valence-electron chi connectivity index (χ3n) is 10.9. The molecule has 0 radical (unpaired) electrons. The average molecular weight is 914 g/mol. The van der Waals surface area contributed by atoms with Gasteiger partial charge in [-0.15, -0.1) is 0 Å². The van der Waals surface area contributed by atoms with E-state index in [9.17, 15) is 38.7 Å². The van der Waals surface area contributed by atoms with E-state index in [1.165, 1.54) is 6.92 Å². The summed E-state index contributed by atoms with van der Waals surface area (Å²) >= 11 is 0.989. The van der Waals surface area contributed by atoms with Gasteiger partial charge in [0.15, 0.2) is 0 Å². The van der Waals surface area contributed by atoms with E-state index in [4.69, 9.17) is 17.3 Å². The summed E-state index contributed by atoms with van der Waals surface area (Å²) in [6.45, 7) is 1.56. The number of para-hydroxylation sites is 1. The number of unbranched alkanes of at least 4 members (excludes halogenated alkanes) is 1. The highest BCUT2D eigenvalue weighted by Gasteiger charge is 2.36. The van der Waals surface area contributed by atoms with Crippen molar-refractivity contribution in [3.8, 4) is 0 Å². The molecule has 0 unspecified atom stereocenters. The fourth-order valence-corrected chi connectivity index (χ4v) is 8.37. The zero-order valence-electron chi connectivity index (χ0n) is 36.1. The molecule has 20 heteroatoms. The van der Waals surface area contributed by atoms with Gasteiger partial charge in [-0.05, 0) is 61.9 Å². The van der Waals surface area contributed by atoms with Gasteiger partial charge in [-0.3, -0.25) is 39.0 Å². The van der Waals surface area contributed by atoms with Crippen LogP contribution in [0.1, 0.15) is 42.9 Å². The molecular weight excluding hydrogens is 855 g/mol. The van der Waals surface area contributed by atoms with Crippen LogP contribution < -0.4 is 54.6 Å². The second-order valence-corrected chi connectivity index (χ2v) is 17.0. The van der Waals surface area contributed by atoms with Crippen LogP contribution in [0, 0.1) is 0 Å². The number of aromatic amines is 1. The van der Waals surface area contributed by atoms with Gasteiger partial charge in [0.25, 0.3) is 5.91 Å². The fourth-order valence-electron chi connectivity index (χ4n) is 7.30. The van der Waals surface area contributed by atoms with E-state index < -0.39 is 89.7 Å². The van der Waals surface area contributed by atoms with Crippen molar-refractivity contribution in [2.45, 2.75) is 93.8 Å². The Morgan fingerprint density at radius 3 is 2.00 bits per heavy atom. The average Bonchev–Trinajstić information content (AvgIpc) is 3.71. The lowest BCUT2D eigenvalue weighted by atomic mass is 10.0. The van der Waals surface area contributed by atoms with Gasteiger partial charge in [-0.1, -0.05) is 78.9 Å². The van der Waals surface area contributed by atoms with Crippen molar-refractivity contribution in [2.75, 3.05) is 18.1 Å². The molecule has 0 bridgehead atoms. The van der Waals surface area contributed by atoms with Crippen molar-refractivity contribution in [3.63, 3.8) is 0 Å². The minimum atomic E-state index is -1.61. The van der Waals surface area contributed by atoms with Crippen LogP contribution >= 0.6 is 11.8 Å². The molecule has 8 atom stereocenters. The number of carbonyl (C=O) groups is 7. The van der Waals surface area contributed by atoms with Gasteiger partial charge in [-0.25, -0.2) is 5.84 Å². The van der Waals surface area contributed by atoms with Crippen molar-refractivity contribution < 1.29 is 38.7 Å². The summed E-state index contributed by atoms with van der Waals surface area (Å²) in [7, 11) is 0. The number of nitrogens with one attached hydrogen (secondary N) is 8. The first kappa shape index (κ1) is 49.7. The summed E-state index contributed by atoms with van der Waals surface area (Å²) in [6.07, 6.45) is 1.23. The molecule has 1 fully saturated rings. The molecule has 5 rings (SSSR count). The van der Waals surface area contributed by atoms with Crippen molar-refractivity contribution >= 4 is 64.0 Å². The lowest BCUT2D eigenvalue weighted by Gasteiger charge is -2.28. The molecule has 0 aliphatic carbocycles. The Labute approximate surface area is 380 Å². The van der Waals surface area contributed by atoms with Crippen LogP contribution in [0.2, 0.25) is 0 Å². The number of rotatable bonds is 14. The largest absolute Gasteiger partial charge is 0.391 e. The second-order valence-electron chi connectivity index (χ2n) is 15.9. The molecule has 15 N–H and O–H groups in total. The molecule has 0 saturated carbocycles. The Bertz CT molecular complexity index is 2250. The van der Waals surface area contributed by atoms with Crippen molar-refractivity contribution in [2.24, 2.45) is 17.3 Å². The predicted molar refractivity (Wildman–Crippen MR) is 246 cm³/mol. The van der Waals surface area contributed by atoms with E-state index in [1.807, 2.05) is 35.8 Å². The van der Waals surface area contributed by atoms with Crippen LogP contribution in [0.4, 0.5) is 0 Å². The molecule has 65 heavy (non-hydrogen) atoms. The number of nitrogens with two attached hydrogens (primary N) is 3. The zero-order chi connectivity index (χ0) is 46.9. The number of hydrogen-bond donors (Lipinski definition) is 12. The topological polar surface area (TPSA) is 318 Å². The van der Waals surface area contributed by atoms with Gasteiger partial charge < -0.3 is 53.5 Å².